The van der Waals surface area contributed by atoms with Gasteiger partial charge in [-0.05, 0) is 63.4 Å². The second-order valence-electron chi connectivity index (χ2n) is 6.94. The third kappa shape index (κ3) is 5.11. The van der Waals surface area contributed by atoms with E-state index in [1.165, 1.54) is 5.56 Å². The highest BCUT2D eigenvalue weighted by molar-refractivity contribution is 7.15. The molecule has 0 fully saturated rings. The van der Waals surface area contributed by atoms with Crippen molar-refractivity contribution in [1.82, 2.24) is 0 Å². The van der Waals surface area contributed by atoms with E-state index in [9.17, 15) is 4.39 Å². The van der Waals surface area contributed by atoms with Crippen LogP contribution in [0.2, 0.25) is 0 Å². The van der Waals surface area contributed by atoms with Gasteiger partial charge in [0, 0.05) is 19.8 Å². The molecule has 0 saturated carbocycles. The third-order valence-electron chi connectivity index (χ3n) is 5.02. The number of ether oxygens (including phenoxy) is 2. The number of hydrogen-bond donors (Lipinski definition) is 0. The summed E-state index contributed by atoms with van der Waals surface area (Å²) in [5, 5.41) is 0. The first-order chi connectivity index (χ1) is 14.1. The molecular weight excluding hydrogens is 401 g/mol. The molecule has 3 rings (SSSR count). The normalized spacial score (nSPS) is 11.1. The van der Waals surface area contributed by atoms with Gasteiger partial charge in [-0.25, -0.2) is 4.39 Å². The van der Waals surface area contributed by atoms with Crippen LogP contribution in [0.4, 0.5) is 4.39 Å². The zero-order valence-corrected chi connectivity index (χ0v) is 19.2. The van der Waals surface area contributed by atoms with Crippen LogP contribution in [0, 0.1) is 5.82 Å². The van der Waals surface area contributed by atoms with Crippen LogP contribution in [-0.2, 0) is 35.0 Å². The Hall–Kier alpha value is -1.63. The Morgan fingerprint density at radius 3 is 1.90 bits per heavy atom. The van der Waals surface area contributed by atoms with Crippen LogP contribution in [0.1, 0.15) is 22.3 Å². The maximum Gasteiger partial charge on any atom is 0.131 e. The highest BCUT2D eigenvalue weighted by Gasteiger charge is 2.12. The predicted molar refractivity (Wildman–Crippen MR) is 126 cm³/mol. The SMILES string of the molecule is COCc1cc(-c2ccc(-c3ccc(CP)cc3COC)cc2)c(F)cc1CP. The minimum Gasteiger partial charge on any atom is -0.380 e. The van der Waals surface area contributed by atoms with Gasteiger partial charge in [-0.1, -0.05) is 42.5 Å². The topological polar surface area (TPSA) is 18.5 Å². The average molecular weight is 428 g/mol. The molecule has 0 aliphatic rings. The van der Waals surface area contributed by atoms with Crippen LogP contribution >= 0.6 is 18.5 Å². The van der Waals surface area contributed by atoms with Crippen molar-refractivity contribution in [1.29, 1.82) is 0 Å². The van der Waals surface area contributed by atoms with E-state index in [0.717, 1.165) is 39.5 Å². The van der Waals surface area contributed by atoms with Crippen molar-refractivity contribution in [2.75, 3.05) is 14.2 Å². The summed E-state index contributed by atoms with van der Waals surface area (Å²) in [4.78, 5) is 0. The fourth-order valence-electron chi connectivity index (χ4n) is 3.52. The van der Waals surface area contributed by atoms with Crippen molar-refractivity contribution < 1.29 is 13.9 Å². The summed E-state index contributed by atoms with van der Waals surface area (Å²) < 4.78 is 25.4. The molecule has 2 nitrogen and oxygen atoms in total. The Bertz CT molecular complexity index is 971. The molecule has 0 aromatic heterocycles. The molecule has 2 unspecified atom stereocenters. The van der Waals surface area contributed by atoms with Crippen LogP contribution < -0.4 is 0 Å². The average Bonchev–Trinajstić information content (AvgIpc) is 2.75. The minimum absolute atomic E-state index is 0.208. The van der Waals surface area contributed by atoms with Crippen LogP contribution in [0.25, 0.3) is 22.3 Å². The smallest absolute Gasteiger partial charge is 0.131 e. The van der Waals surface area contributed by atoms with Gasteiger partial charge < -0.3 is 9.47 Å². The van der Waals surface area contributed by atoms with E-state index in [1.807, 2.05) is 30.3 Å². The summed E-state index contributed by atoms with van der Waals surface area (Å²) >= 11 is 0. The Kier molecular flexibility index (Phi) is 7.92. The quantitative estimate of drug-likeness (QED) is 0.398. The van der Waals surface area contributed by atoms with Gasteiger partial charge in [0.2, 0.25) is 0 Å². The number of rotatable bonds is 8. The molecule has 0 N–H and O–H groups in total. The summed E-state index contributed by atoms with van der Waals surface area (Å²) in [5.74, 6) is -0.208. The molecule has 29 heavy (non-hydrogen) atoms. The van der Waals surface area contributed by atoms with E-state index in [-0.39, 0.29) is 5.82 Å². The molecule has 0 aliphatic carbocycles. The number of hydrogen-bond acceptors (Lipinski definition) is 2. The number of methoxy groups -OCH3 is 2. The summed E-state index contributed by atoms with van der Waals surface area (Å²) in [6.45, 7) is 1.03. The molecule has 0 aliphatic heterocycles. The van der Waals surface area contributed by atoms with Gasteiger partial charge in [0.25, 0.3) is 0 Å². The summed E-state index contributed by atoms with van der Waals surface area (Å²) in [6, 6.07) is 18.0. The third-order valence-corrected chi connectivity index (χ3v) is 5.93. The Balaban J connectivity index is 1.98. The van der Waals surface area contributed by atoms with E-state index in [1.54, 1.807) is 20.3 Å². The molecule has 0 spiro atoms. The first kappa shape index (κ1) is 22.1. The molecule has 2 atom stereocenters. The maximum atomic E-state index is 14.7. The molecule has 0 radical (unpaired) electrons. The first-order valence-corrected chi connectivity index (χ1v) is 11.2. The molecule has 0 saturated heterocycles. The second-order valence-corrected chi connectivity index (χ2v) is 7.76. The molecule has 0 bridgehead atoms. The highest BCUT2D eigenvalue weighted by Crippen LogP contribution is 2.31. The molecule has 3 aromatic rings. The first-order valence-electron chi connectivity index (χ1n) is 9.53. The van der Waals surface area contributed by atoms with Crippen molar-refractivity contribution in [3.05, 3.63) is 82.7 Å². The maximum absolute atomic E-state index is 14.7. The van der Waals surface area contributed by atoms with Crippen molar-refractivity contribution in [3.8, 4) is 22.3 Å². The standard InChI is InChI=1S/C24H27FO2P2/c1-26-12-19-10-23(24(25)11-21(19)15-29)18-6-4-17(5-7-18)22-8-3-16(14-28)9-20(22)13-27-2/h3-11H,12-15,28-29H2,1-2H3. The Labute approximate surface area is 177 Å². The highest BCUT2D eigenvalue weighted by atomic mass is 31.0. The van der Waals surface area contributed by atoms with Gasteiger partial charge in [0.1, 0.15) is 5.82 Å². The van der Waals surface area contributed by atoms with E-state index in [2.05, 4.69) is 36.7 Å². The van der Waals surface area contributed by atoms with E-state index in [0.29, 0.717) is 24.9 Å². The van der Waals surface area contributed by atoms with Crippen molar-refractivity contribution in [3.63, 3.8) is 0 Å². The lowest BCUT2D eigenvalue weighted by molar-refractivity contribution is 0.184. The monoisotopic (exact) mass is 428 g/mol. The minimum atomic E-state index is -0.208. The molecule has 3 aromatic carbocycles. The molecule has 5 heteroatoms. The van der Waals surface area contributed by atoms with Crippen molar-refractivity contribution in [2.45, 2.75) is 25.5 Å². The predicted octanol–water partition coefficient (Wildman–Crippen LogP) is 6.20. The molecule has 0 heterocycles. The summed E-state index contributed by atoms with van der Waals surface area (Å²) in [7, 11) is 8.77. The Morgan fingerprint density at radius 2 is 1.31 bits per heavy atom. The van der Waals surface area contributed by atoms with Crippen LogP contribution in [0.5, 0.6) is 0 Å². The van der Waals surface area contributed by atoms with Gasteiger partial charge in [-0.3, -0.25) is 0 Å². The lowest BCUT2D eigenvalue weighted by Crippen LogP contribution is -1.98. The van der Waals surface area contributed by atoms with Crippen LogP contribution in [0.15, 0.2) is 54.6 Å². The van der Waals surface area contributed by atoms with Gasteiger partial charge in [-0.15, -0.1) is 18.5 Å². The zero-order valence-electron chi connectivity index (χ0n) is 16.9. The van der Waals surface area contributed by atoms with E-state index < -0.39 is 0 Å². The van der Waals surface area contributed by atoms with Gasteiger partial charge in [0.15, 0.2) is 0 Å². The van der Waals surface area contributed by atoms with Gasteiger partial charge in [0.05, 0.1) is 13.2 Å². The summed E-state index contributed by atoms with van der Waals surface area (Å²) in [6.07, 6.45) is 1.61. The lowest BCUT2D eigenvalue weighted by Gasteiger charge is -2.14. The molecular formula is C24H27FO2P2. The molecule has 0 amide bonds. The number of benzene rings is 3. The van der Waals surface area contributed by atoms with E-state index >= 15 is 0 Å². The fraction of sp³-hybridized carbons (Fsp3) is 0.250. The zero-order chi connectivity index (χ0) is 20.8. The van der Waals surface area contributed by atoms with E-state index in [4.69, 9.17) is 9.47 Å². The van der Waals surface area contributed by atoms with Crippen molar-refractivity contribution >= 4 is 18.5 Å². The largest absolute Gasteiger partial charge is 0.380 e. The van der Waals surface area contributed by atoms with Crippen LogP contribution in [-0.4, -0.2) is 14.2 Å². The Morgan fingerprint density at radius 1 is 0.690 bits per heavy atom. The summed E-state index contributed by atoms with van der Waals surface area (Å²) in [5.41, 5.74) is 8.05. The van der Waals surface area contributed by atoms with Gasteiger partial charge in [-0.2, -0.15) is 0 Å². The van der Waals surface area contributed by atoms with Crippen molar-refractivity contribution in [2.24, 2.45) is 0 Å². The number of halogens is 1. The van der Waals surface area contributed by atoms with Crippen LogP contribution in [0.3, 0.4) is 0 Å². The molecule has 152 valence electrons. The second kappa shape index (κ2) is 10.4. The van der Waals surface area contributed by atoms with Gasteiger partial charge >= 0.3 is 0 Å². The fourth-order valence-corrected chi connectivity index (χ4v) is 4.15. The lowest BCUT2D eigenvalue weighted by atomic mass is 9.94.